The molecule has 2 rings (SSSR count). The maximum atomic E-state index is 5.24. The molecule has 33 heavy (non-hydrogen) atoms. The summed E-state index contributed by atoms with van der Waals surface area (Å²) in [6.07, 6.45) is 5.27. The molecule has 0 aliphatic heterocycles. The van der Waals surface area contributed by atoms with Gasteiger partial charge in [-0.3, -0.25) is 4.72 Å². The van der Waals surface area contributed by atoms with Crippen LogP contribution in [0.3, 0.4) is 0 Å². The number of nitrogens with zero attached hydrogens (tertiary/aromatic N) is 2. The lowest BCUT2D eigenvalue weighted by molar-refractivity contribution is 0.423. The third kappa shape index (κ3) is 12.2. The van der Waals surface area contributed by atoms with E-state index in [9.17, 15) is 0 Å². The second-order valence-corrected chi connectivity index (χ2v) is 8.37. The minimum Gasteiger partial charge on any atom is -0.373 e. The average Bonchev–Trinajstić information content (AvgIpc) is 2.80. The molecule has 0 fully saturated rings. The first-order valence-electron chi connectivity index (χ1n) is 11.2. The number of hydrogen-bond acceptors (Lipinski definition) is 5. The summed E-state index contributed by atoms with van der Waals surface area (Å²) in [4.78, 5) is 6.16. The first kappa shape index (κ1) is 28.3. The van der Waals surface area contributed by atoms with E-state index in [4.69, 9.17) is 11.5 Å². The number of rotatable bonds is 12. The van der Waals surface area contributed by atoms with Gasteiger partial charge in [0, 0.05) is 31.6 Å². The van der Waals surface area contributed by atoms with Crippen molar-refractivity contribution >= 4 is 23.6 Å². The first-order chi connectivity index (χ1) is 15.9. The fraction of sp³-hybridized carbons (Fsp3) is 0.346. The van der Waals surface area contributed by atoms with Crippen LogP contribution in [0.1, 0.15) is 31.4 Å². The number of benzene rings is 2. The van der Waals surface area contributed by atoms with Crippen LogP contribution in [0.15, 0.2) is 84.0 Å². The van der Waals surface area contributed by atoms with Crippen LogP contribution in [-0.4, -0.2) is 37.5 Å². The Morgan fingerprint density at radius 1 is 1.12 bits per heavy atom. The summed E-state index contributed by atoms with van der Waals surface area (Å²) >= 11 is 1.76. The van der Waals surface area contributed by atoms with Crippen molar-refractivity contribution in [3.8, 4) is 0 Å². The van der Waals surface area contributed by atoms with Gasteiger partial charge >= 0.3 is 0 Å². The molecule has 0 aliphatic rings. The van der Waals surface area contributed by atoms with E-state index < -0.39 is 0 Å². The fourth-order valence-electron chi connectivity index (χ4n) is 3.10. The van der Waals surface area contributed by atoms with E-state index in [0.29, 0.717) is 6.04 Å². The Morgan fingerprint density at radius 2 is 1.79 bits per heavy atom. The van der Waals surface area contributed by atoms with Gasteiger partial charge in [0.1, 0.15) is 0 Å². The molecule has 6 nitrogen and oxygen atoms in total. The van der Waals surface area contributed by atoms with Crippen LogP contribution in [0, 0.1) is 0 Å². The Kier molecular flexibility index (Phi) is 14.4. The normalized spacial score (nSPS) is 11.7. The van der Waals surface area contributed by atoms with Crippen molar-refractivity contribution in [1.82, 2.24) is 14.9 Å². The molecule has 0 aromatic heterocycles. The van der Waals surface area contributed by atoms with Gasteiger partial charge in [-0.1, -0.05) is 73.5 Å². The lowest BCUT2D eigenvalue weighted by Gasteiger charge is -2.27. The Labute approximate surface area is 204 Å². The van der Waals surface area contributed by atoms with Crippen molar-refractivity contribution in [3.63, 3.8) is 0 Å². The molecule has 0 bridgehead atoms. The highest BCUT2D eigenvalue weighted by molar-refractivity contribution is 7.96. The van der Waals surface area contributed by atoms with Crippen molar-refractivity contribution in [2.24, 2.45) is 16.5 Å². The zero-order valence-electron chi connectivity index (χ0n) is 20.4. The van der Waals surface area contributed by atoms with E-state index in [1.54, 1.807) is 11.9 Å². The number of guanidine groups is 1. The molecular formula is C26H40N6S. The van der Waals surface area contributed by atoms with E-state index in [1.165, 1.54) is 16.8 Å². The van der Waals surface area contributed by atoms with E-state index in [0.717, 1.165) is 31.0 Å². The summed E-state index contributed by atoms with van der Waals surface area (Å²) in [6.45, 7) is 9.91. The highest BCUT2D eigenvalue weighted by Gasteiger charge is 2.11. The van der Waals surface area contributed by atoms with E-state index in [2.05, 4.69) is 83.8 Å². The predicted molar refractivity (Wildman–Crippen MR) is 146 cm³/mol. The van der Waals surface area contributed by atoms with Crippen LogP contribution in [0.5, 0.6) is 0 Å². The second-order valence-electron chi connectivity index (χ2n) is 7.55. The average molecular weight is 469 g/mol. The monoisotopic (exact) mass is 468 g/mol. The molecule has 0 aliphatic carbocycles. The van der Waals surface area contributed by atoms with Gasteiger partial charge in [0.25, 0.3) is 0 Å². The molecule has 2 aromatic carbocycles. The van der Waals surface area contributed by atoms with Gasteiger partial charge in [-0.15, -0.1) is 6.58 Å². The first-order valence-corrected chi connectivity index (χ1v) is 12.2. The third-order valence-electron chi connectivity index (χ3n) is 4.62. The Bertz CT molecular complexity index is 845. The summed E-state index contributed by atoms with van der Waals surface area (Å²) in [5.41, 5.74) is 15.1. The predicted octanol–water partition coefficient (Wildman–Crippen LogP) is 4.54. The Morgan fingerprint density at radius 3 is 2.33 bits per heavy atom. The van der Waals surface area contributed by atoms with Gasteiger partial charge < -0.3 is 21.7 Å². The van der Waals surface area contributed by atoms with Gasteiger partial charge in [0.15, 0.2) is 5.96 Å². The van der Waals surface area contributed by atoms with Crippen molar-refractivity contribution < 1.29 is 0 Å². The molecule has 2 aromatic rings. The summed E-state index contributed by atoms with van der Waals surface area (Å²) in [7, 11) is 4.02. The number of allylic oxidation sites excluding steroid dienone is 1. The molecule has 0 saturated heterocycles. The summed E-state index contributed by atoms with van der Waals surface area (Å²) in [5, 5.41) is 3.06. The molecule has 1 unspecified atom stereocenters. The van der Waals surface area contributed by atoms with Crippen molar-refractivity contribution in [3.05, 3.63) is 90.2 Å². The standard InChI is InChI=1S/C17H26N2S.C9H14N4/c1-5-10-17(19(4)13-6-2)15(3)18-20-14-16-11-8-7-9-12-16;1-12-6-7-2-4-8(5-3-7)13-9(10)11/h6-12,15,18H,2,5,13-14H2,1,3-4H3;2-5,12H,6H2,1H3,(H4,10,11,13)/b17-10-;. The molecular weight excluding hydrogens is 428 g/mol. The second kappa shape index (κ2) is 16.8. The topological polar surface area (TPSA) is 91.7 Å². The zero-order chi connectivity index (χ0) is 24.5. The lowest BCUT2D eigenvalue weighted by atomic mass is 10.2. The van der Waals surface area contributed by atoms with Gasteiger partial charge in [-0.2, -0.15) is 0 Å². The third-order valence-corrected chi connectivity index (χ3v) is 5.62. The molecule has 0 amide bonds. The van der Waals surface area contributed by atoms with Crippen LogP contribution < -0.4 is 21.5 Å². The van der Waals surface area contributed by atoms with Crippen molar-refractivity contribution in [1.29, 1.82) is 0 Å². The quantitative estimate of drug-likeness (QED) is 0.158. The SMILES string of the molecule is C=CCN(C)/C(=C\CC)C(C)NSCc1ccccc1.CNCc1ccc(N=C(N)N)cc1. The maximum absolute atomic E-state index is 5.24. The highest BCUT2D eigenvalue weighted by atomic mass is 32.2. The lowest BCUT2D eigenvalue weighted by Crippen LogP contribution is -2.32. The summed E-state index contributed by atoms with van der Waals surface area (Å²) < 4.78 is 3.53. The molecule has 0 radical (unpaired) electrons. The van der Waals surface area contributed by atoms with Crippen LogP contribution >= 0.6 is 11.9 Å². The van der Waals surface area contributed by atoms with Crippen LogP contribution in [-0.2, 0) is 12.3 Å². The van der Waals surface area contributed by atoms with E-state index in [-0.39, 0.29) is 5.96 Å². The molecule has 6 N–H and O–H groups in total. The molecule has 7 heteroatoms. The zero-order valence-corrected chi connectivity index (χ0v) is 21.2. The molecule has 0 heterocycles. The van der Waals surface area contributed by atoms with Crippen molar-refractivity contribution in [2.45, 2.75) is 38.6 Å². The number of nitrogens with two attached hydrogens (primary N) is 2. The number of likely N-dealkylation sites (N-methyl/N-ethyl adjacent to an activating group) is 1. The largest absolute Gasteiger partial charge is 0.373 e. The van der Waals surface area contributed by atoms with E-state index >= 15 is 0 Å². The summed E-state index contributed by atoms with van der Waals surface area (Å²) in [5.74, 6) is 1.07. The van der Waals surface area contributed by atoms with Crippen molar-refractivity contribution in [2.75, 3.05) is 20.6 Å². The minimum absolute atomic E-state index is 0.0846. The number of hydrogen-bond donors (Lipinski definition) is 4. The van der Waals surface area contributed by atoms with Gasteiger partial charge in [-0.25, -0.2) is 4.99 Å². The molecule has 1 atom stereocenters. The number of nitrogens with one attached hydrogen (secondary N) is 2. The summed E-state index contributed by atoms with van der Waals surface area (Å²) in [6, 6.07) is 18.6. The fourth-order valence-corrected chi connectivity index (χ4v) is 3.91. The maximum Gasteiger partial charge on any atom is 0.191 e. The Hall–Kier alpha value is -2.74. The van der Waals surface area contributed by atoms with Crippen LogP contribution in [0.4, 0.5) is 5.69 Å². The minimum atomic E-state index is 0.0846. The molecule has 0 saturated carbocycles. The molecule has 0 spiro atoms. The van der Waals surface area contributed by atoms with E-state index in [1.807, 2.05) is 37.4 Å². The van der Waals surface area contributed by atoms with Gasteiger partial charge in [0.05, 0.1) is 11.7 Å². The van der Waals surface area contributed by atoms with Crippen LogP contribution in [0.2, 0.25) is 0 Å². The smallest absolute Gasteiger partial charge is 0.191 e. The van der Waals surface area contributed by atoms with Gasteiger partial charge in [-0.05, 0) is 43.7 Å². The number of aliphatic imine (C=N–C) groups is 1. The Balaban J connectivity index is 0.000000361. The molecule has 180 valence electrons. The highest BCUT2D eigenvalue weighted by Crippen LogP contribution is 2.15. The van der Waals surface area contributed by atoms with Gasteiger partial charge in [0.2, 0.25) is 0 Å². The van der Waals surface area contributed by atoms with Crippen LogP contribution in [0.25, 0.3) is 0 Å².